The summed E-state index contributed by atoms with van der Waals surface area (Å²) in [6.07, 6.45) is 7.35. The van der Waals surface area contributed by atoms with Crippen LogP contribution in [0.1, 0.15) is 13.3 Å². The molecule has 1 rings (SSSR count). The third-order valence-electron chi connectivity index (χ3n) is 2.57. The van der Waals surface area contributed by atoms with Crippen LogP contribution in [0.4, 0.5) is 5.69 Å². The minimum atomic E-state index is -0.290. The molecule has 0 radical (unpaired) electrons. The second kappa shape index (κ2) is 7.17. The first kappa shape index (κ1) is 15.5. The molecule has 0 aliphatic carbocycles. The third kappa shape index (κ3) is 4.58. The number of aromatic nitrogens is 2. The molecule has 1 aromatic heterocycles. The molecule has 1 aromatic rings. The molecule has 1 unspecified atom stereocenters. The van der Waals surface area contributed by atoms with E-state index in [1.165, 1.54) is 4.68 Å². The van der Waals surface area contributed by atoms with Crippen LogP contribution < -0.4 is 10.9 Å². The SMILES string of the molecule is C#CCC(C)Nc1cnn(CCN(C)C)c(=O)c1Cl. The highest BCUT2D eigenvalue weighted by molar-refractivity contribution is 6.32. The van der Waals surface area contributed by atoms with E-state index >= 15 is 0 Å². The molecule has 0 bridgehead atoms. The van der Waals surface area contributed by atoms with E-state index in [1.54, 1.807) is 6.20 Å². The average Bonchev–Trinajstić information content (AvgIpc) is 2.34. The van der Waals surface area contributed by atoms with Crippen LogP contribution in [0.25, 0.3) is 0 Å². The minimum Gasteiger partial charge on any atom is -0.379 e. The van der Waals surface area contributed by atoms with Crippen molar-refractivity contribution in [3.8, 4) is 12.3 Å². The molecule has 0 saturated heterocycles. The summed E-state index contributed by atoms with van der Waals surface area (Å²) in [6, 6.07) is 0.0429. The second-order valence-corrected chi connectivity index (χ2v) is 5.04. The van der Waals surface area contributed by atoms with E-state index in [0.29, 0.717) is 18.7 Å². The molecular formula is C13H19ClN4O. The Labute approximate surface area is 118 Å². The first-order valence-corrected chi connectivity index (χ1v) is 6.43. The number of likely N-dealkylation sites (N-methyl/N-ethyl adjacent to an activating group) is 1. The Bertz CT molecular complexity index is 518. The van der Waals surface area contributed by atoms with Crippen LogP contribution in [0, 0.1) is 12.3 Å². The van der Waals surface area contributed by atoms with Gasteiger partial charge in [0.1, 0.15) is 5.02 Å². The second-order valence-electron chi connectivity index (χ2n) is 4.66. The number of hydrogen-bond donors (Lipinski definition) is 1. The molecule has 19 heavy (non-hydrogen) atoms. The Morgan fingerprint density at radius 2 is 2.32 bits per heavy atom. The van der Waals surface area contributed by atoms with Gasteiger partial charge in [-0.25, -0.2) is 4.68 Å². The van der Waals surface area contributed by atoms with Crippen LogP contribution >= 0.6 is 11.6 Å². The Kier molecular flexibility index (Phi) is 5.87. The summed E-state index contributed by atoms with van der Waals surface area (Å²) in [6.45, 7) is 3.16. The van der Waals surface area contributed by atoms with Gasteiger partial charge in [0, 0.05) is 19.0 Å². The average molecular weight is 283 g/mol. The topological polar surface area (TPSA) is 50.2 Å². The first-order chi connectivity index (χ1) is 8.95. The lowest BCUT2D eigenvalue weighted by Gasteiger charge is -2.15. The van der Waals surface area contributed by atoms with Gasteiger partial charge in [-0.3, -0.25) is 4.79 Å². The van der Waals surface area contributed by atoms with Gasteiger partial charge in [0.15, 0.2) is 0 Å². The Morgan fingerprint density at radius 1 is 1.63 bits per heavy atom. The molecule has 6 heteroatoms. The lowest BCUT2D eigenvalue weighted by Crippen LogP contribution is -2.29. The van der Waals surface area contributed by atoms with Gasteiger partial charge in [0.25, 0.3) is 5.56 Å². The fourth-order valence-electron chi connectivity index (χ4n) is 1.51. The van der Waals surface area contributed by atoms with Crippen LogP contribution in [0.3, 0.4) is 0 Å². The number of nitrogens with one attached hydrogen (secondary N) is 1. The molecule has 0 fully saturated rings. The summed E-state index contributed by atoms with van der Waals surface area (Å²) in [5, 5.41) is 7.34. The molecule has 0 aliphatic heterocycles. The molecule has 1 heterocycles. The maximum Gasteiger partial charge on any atom is 0.287 e. The molecule has 1 N–H and O–H groups in total. The van der Waals surface area contributed by atoms with Crippen molar-refractivity contribution in [1.82, 2.24) is 14.7 Å². The van der Waals surface area contributed by atoms with E-state index in [4.69, 9.17) is 18.0 Å². The molecule has 0 aromatic carbocycles. The summed E-state index contributed by atoms with van der Waals surface area (Å²) >= 11 is 6.06. The maximum atomic E-state index is 12.0. The van der Waals surface area contributed by atoms with Crippen LogP contribution in [-0.2, 0) is 6.54 Å². The first-order valence-electron chi connectivity index (χ1n) is 6.06. The zero-order chi connectivity index (χ0) is 14.4. The summed E-state index contributed by atoms with van der Waals surface area (Å²) in [5.41, 5.74) is 0.233. The van der Waals surface area contributed by atoms with Gasteiger partial charge in [-0.15, -0.1) is 12.3 Å². The molecule has 0 amide bonds. The predicted octanol–water partition coefficient (Wildman–Crippen LogP) is 1.28. The smallest absolute Gasteiger partial charge is 0.287 e. The Morgan fingerprint density at radius 3 is 2.89 bits per heavy atom. The largest absolute Gasteiger partial charge is 0.379 e. The fourth-order valence-corrected chi connectivity index (χ4v) is 1.71. The van der Waals surface area contributed by atoms with Gasteiger partial charge in [0.05, 0.1) is 18.4 Å². The fraction of sp³-hybridized carbons (Fsp3) is 0.538. The predicted molar refractivity (Wildman–Crippen MR) is 78.6 cm³/mol. The summed E-state index contributed by atoms with van der Waals surface area (Å²) in [5.74, 6) is 2.55. The minimum absolute atomic E-state index is 0.0429. The number of hydrogen-bond acceptors (Lipinski definition) is 4. The van der Waals surface area contributed by atoms with E-state index in [-0.39, 0.29) is 16.6 Å². The lowest BCUT2D eigenvalue weighted by atomic mass is 10.2. The van der Waals surface area contributed by atoms with Gasteiger partial charge < -0.3 is 10.2 Å². The summed E-state index contributed by atoms with van der Waals surface area (Å²) in [4.78, 5) is 14.0. The quantitative estimate of drug-likeness (QED) is 0.799. The molecule has 0 spiro atoms. The Balaban J connectivity index is 2.86. The molecule has 104 valence electrons. The van der Waals surface area contributed by atoms with Crippen molar-refractivity contribution < 1.29 is 0 Å². The van der Waals surface area contributed by atoms with Gasteiger partial charge in [-0.2, -0.15) is 5.10 Å². The van der Waals surface area contributed by atoms with E-state index in [0.717, 1.165) is 6.54 Å². The lowest BCUT2D eigenvalue weighted by molar-refractivity contribution is 0.367. The zero-order valence-corrected chi connectivity index (χ0v) is 12.2. The molecule has 5 nitrogen and oxygen atoms in total. The van der Waals surface area contributed by atoms with Gasteiger partial charge in [-0.05, 0) is 21.0 Å². The van der Waals surface area contributed by atoms with Crippen molar-refractivity contribution in [2.24, 2.45) is 0 Å². The van der Waals surface area contributed by atoms with Crippen LogP contribution in [-0.4, -0.2) is 41.4 Å². The van der Waals surface area contributed by atoms with Crippen LogP contribution in [0.15, 0.2) is 11.0 Å². The van der Waals surface area contributed by atoms with Crippen molar-refractivity contribution in [3.63, 3.8) is 0 Å². The Hall–Kier alpha value is -1.51. The van der Waals surface area contributed by atoms with Gasteiger partial charge in [0.2, 0.25) is 0 Å². The van der Waals surface area contributed by atoms with Crippen molar-refractivity contribution in [2.75, 3.05) is 26.0 Å². The van der Waals surface area contributed by atoms with Gasteiger partial charge in [-0.1, -0.05) is 11.6 Å². The van der Waals surface area contributed by atoms with E-state index in [1.807, 2.05) is 25.9 Å². The molecule has 1 atom stereocenters. The van der Waals surface area contributed by atoms with Crippen LogP contribution in [0.2, 0.25) is 5.02 Å². The van der Waals surface area contributed by atoms with Crippen molar-refractivity contribution in [3.05, 3.63) is 21.6 Å². The third-order valence-corrected chi connectivity index (χ3v) is 2.94. The molecular weight excluding hydrogens is 264 g/mol. The highest BCUT2D eigenvalue weighted by atomic mass is 35.5. The number of halogens is 1. The standard InChI is InChI=1S/C13H19ClN4O/c1-5-6-10(2)16-11-9-15-18(8-7-17(3)4)13(19)12(11)14/h1,9-10,16H,6-8H2,2-4H3. The van der Waals surface area contributed by atoms with Crippen LogP contribution in [0.5, 0.6) is 0 Å². The van der Waals surface area contributed by atoms with Crippen molar-refractivity contribution in [2.45, 2.75) is 25.9 Å². The highest BCUT2D eigenvalue weighted by Gasteiger charge is 2.11. The molecule has 0 aliphatic rings. The van der Waals surface area contributed by atoms with Crippen molar-refractivity contribution >= 4 is 17.3 Å². The number of anilines is 1. The van der Waals surface area contributed by atoms with E-state index in [9.17, 15) is 4.79 Å². The summed E-state index contributed by atoms with van der Waals surface area (Å²) < 4.78 is 1.36. The van der Waals surface area contributed by atoms with E-state index in [2.05, 4.69) is 16.3 Å². The van der Waals surface area contributed by atoms with Crippen molar-refractivity contribution in [1.29, 1.82) is 0 Å². The number of terminal acetylenes is 1. The van der Waals surface area contributed by atoms with Gasteiger partial charge >= 0.3 is 0 Å². The number of nitrogens with zero attached hydrogens (tertiary/aromatic N) is 3. The monoisotopic (exact) mass is 282 g/mol. The normalized spacial score (nSPS) is 12.2. The van der Waals surface area contributed by atoms with E-state index < -0.39 is 0 Å². The zero-order valence-electron chi connectivity index (χ0n) is 11.5. The molecule has 0 saturated carbocycles. The number of rotatable bonds is 6. The summed E-state index contributed by atoms with van der Waals surface area (Å²) in [7, 11) is 3.87. The maximum absolute atomic E-state index is 12.0. The highest BCUT2D eigenvalue weighted by Crippen LogP contribution is 2.16.